The standard InChI is InChI=1S/C12H18O5/c1-9(13)15-7-5-4-6-10(14)11-8-16-12(2,3)17-11/h10-11,14H,6-8H2,1-3H3/t10?,11-/m1/s1. The Bertz CT molecular complexity index is 326. The van der Waals surface area contributed by atoms with Crippen molar-refractivity contribution < 1.29 is 24.1 Å². The summed E-state index contributed by atoms with van der Waals surface area (Å²) in [6.07, 6.45) is -0.777. The van der Waals surface area contributed by atoms with Crippen molar-refractivity contribution in [2.24, 2.45) is 0 Å². The topological polar surface area (TPSA) is 65.0 Å². The number of aliphatic hydroxyl groups is 1. The molecular formula is C12H18O5. The zero-order valence-electron chi connectivity index (χ0n) is 10.4. The van der Waals surface area contributed by atoms with Crippen LogP contribution in [0.25, 0.3) is 0 Å². The Kier molecular flexibility index (Phi) is 4.94. The molecule has 1 unspecified atom stereocenters. The smallest absolute Gasteiger partial charge is 0.303 e. The Balaban J connectivity index is 2.25. The minimum absolute atomic E-state index is 0.0512. The van der Waals surface area contributed by atoms with E-state index in [0.717, 1.165) is 0 Å². The van der Waals surface area contributed by atoms with Gasteiger partial charge in [-0.2, -0.15) is 0 Å². The van der Waals surface area contributed by atoms with Gasteiger partial charge in [-0.25, -0.2) is 0 Å². The van der Waals surface area contributed by atoms with Crippen molar-refractivity contribution in [1.82, 2.24) is 0 Å². The van der Waals surface area contributed by atoms with Crippen LogP contribution in [0.4, 0.5) is 0 Å². The first kappa shape index (κ1) is 14.0. The molecule has 0 amide bonds. The van der Waals surface area contributed by atoms with Crippen LogP contribution in [0.5, 0.6) is 0 Å². The van der Waals surface area contributed by atoms with Gasteiger partial charge in [-0.1, -0.05) is 11.8 Å². The summed E-state index contributed by atoms with van der Waals surface area (Å²) >= 11 is 0. The van der Waals surface area contributed by atoms with Gasteiger partial charge in [0.2, 0.25) is 0 Å². The molecule has 1 heterocycles. The van der Waals surface area contributed by atoms with Gasteiger partial charge in [0.15, 0.2) is 12.4 Å². The Morgan fingerprint density at radius 3 is 2.82 bits per heavy atom. The fraction of sp³-hybridized carbons (Fsp3) is 0.750. The van der Waals surface area contributed by atoms with Crippen molar-refractivity contribution >= 4 is 5.97 Å². The average Bonchev–Trinajstić information content (AvgIpc) is 2.57. The normalized spacial score (nSPS) is 23.6. The first-order valence-electron chi connectivity index (χ1n) is 5.49. The van der Waals surface area contributed by atoms with E-state index in [9.17, 15) is 9.90 Å². The van der Waals surface area contributed by atoms with Crippen molar-refractivity contribution in [1.29, 1.82) is 0 Å². The third-order valence-corrected chi connectivity index (χ3v) is 2.24. The van der Waals surface area contributed by atoms with E-state index in [-0.39, 0.29) is 25.1 Å². The summed E-state index contributed by atoms with van der Waals surface area (Å²) in [6, 6.07) is 0. The second-order valence-corrected chi connectivity index (χ2v) is 4.27. The molecule has 0 aliphatic carbocycles. The van der Waals surface area contributed by atoms with Crippen LogP contribution in [0.15, 0.2) is 0 Å². The third kappa shape index (κ3) is 5.18. The van der Waals surface area contributed by atoms with E-state index in [1.165, 1.54) is 6.92 Å². The maximum atomic E-state index is 10.4. The van der Waals surface area contributed by atoms with Crippen LogP contribution in [-0.2, 0) is 19.0 Å². The summed E-state index contributed by atoms with van der Waals surface area (Å²) in [7, 11) is 0. The Morgan fingerprint density at radius 2 is 2.29 bits per heavy atom. The molecule has 0 bridgehead atoms. The molecule has 1 N–H and O–H groups in total. The SMILES string of the molecule is CC(=O)OCC#CCC(O)[C@H]1COC(C)(C)O1. The Hall–Kier alpha value is -1.09. The van der Waals surface area contributed by atoms with E-state index < -0.39 is 11.9 Å². The van der Waals surface area contributed by atoms with Crippen LogP contribution < -0.4 is 0 Å². The van der Waals surface area contributed by atoms with Gasteiger partial charge < -0.3 is 19.3 Å². The van der Waals surface area contributed by atoms with Crippen LogP contribution in [0.2, 0.25) is 0 Å². The zero-order valence-corrected chi connectivity index (χ0v) is 10.4. The lowest BCUT2D eigenvalue weighted by atomic mass is 10.1. The molecular weight excluding hydrogens is 224 g/mol. The van der Waals surface area contributed by atoms with E-state index in [1.807, 2.05) is 0 Å². The maximum Gasteiger partial charge on any atom is 0.303 e. The van der Waals surface area contributed by atoms with E-state index in [2.05, 4.69) is 16.6 Å². The van der Waals surface area contributed by atoms with Crippen molar-refractivity contribution in [3.63, 3.8) is 0 Å². The monoisotopic (exact) mass is 242 g/mol. The highest BCUT2D eigenvalue weighted by atomic mass is 16.7. The predicted octanol–water partition coefficient (Wildman–Crippen LogP) is 0.455. The lowest BCUT2D eigenvalue weighted by Crippen LogP contribution is -2.30. The quantitative estimate of drug-likeness (QED) is 0.575. The highest BCUT2D eigenvalue weighted by Crippen LogP contribution is 2.24. The van der Waals surface area contributed by atoms with E-state index in [4.69, 9.17) is 9.47 Å². The van der Waals surface area contributed by atoms with Gasteiger partial charge in [0, 0.05) is 13.3 Å². The summed E-state index contributed by atoms with van der Waals surface area (Å²) in [5, 5.41) is 9.77. The molecule has 5 heteroatoms. The summed E-state index contributed by atoms with van der Waals surface area (Å²) in [5.41, 5.74) is 0. The van der Waals surface area contributed by atoms with Gasteiger partial charge in [0.25, 0.3) is 0 Å². The first-order chi connectivity index (χ1) is 7.91. The number of ether oxygens (including phenoxy) is 3. The molecule has 2 atom stereocenters. The first-order valence-corrected chi connectivity index (χ1v) is 5.49. The largest absolute Gasteiger partial charge is 0.453 e. The number of hydrogen-bond donors (Lipinski definition) is 1. The molecule has 1 aliphatic rings. The minimum Gasteiger partial charge on any atom is -0.453 e. The lowest BCUT2D eigenvalue weighted by Gasteiger charge is -2.19. The molecule has 1 rings (SSSR count). The van der Waals surface area contributed by atoms with Crippen LogP contribution in [0.1, 0.15) is 27.2 Å². The highest BCUT2D eigenvalue weighted by molar-refractivity contribution is 5.66. The van der Waals surface area contributed by atoms with Gasteiger partial charge in [-0.05, 0) is 13.8 Å². The van der Waals surface area contributed by atoms with Gasteiger partial charge in [-0.3, -0.25) is 4.79 Å². The Labute approximate surface area is 101 Å². The maximum absolute atomic E-state index is 10.4. The van der Waals surface area contributed by atoms with Crippen molar-refractivity contribution in [3.8, 4) is 11.8 Å². The molecule has 0 saturated carbocycles. The average molecular weight is 242 g/mol. The molecule has 5 nitrogen and oxygen atoms in total. The molecule has 0 radical (unpaired) electrons. The summed E-state index contributed by atoms with van der Waals surface area (Å²) < 4.78 is 15.4. The molecule has 1 saturated heterocycles. The molecule has 1 fully saturated rings. The number of esters is 1. The van der Waals surface area contributed by atoms with E-state index in [0.29, 0.717) is 6.61 Å². The summed E-state index contributed by atoms with van der Waals surface area (Å²) in [5.74, 6) is 4.37. The van der Waals surface area contributed by atoms with Crippen molar-refractivity contribution in [3.05, 3.63) is 0 Å². The molecule has 0 spiro atoms. The lowest BCUT2D eigenvalue weighted by molar-refractivity contribution is -0.150. The minimum atomic E-state index is -0.693. The van der Waals surface area contributed by atoms with Gasteiger partial charge in [0.1, 0.15) is 6.10 Å². The number of carbonyl (C=O) groups excluding carboxylic acids is 1. The van der Waals surface area contributed by atoms with E-state index >= 15 is 0 Å². The number of aliphatic hydroxyl groups excluding tert-OH is 1. The summed E-state index contributed by atoms with van der Waals surface area (Å²) in [6.45, 7) is 5.33. The van der Waals surface area contributed by atoms with Gasteiger partial charge in [-0.15, -0.1) is 0 Å². The predicted molar refractivity (Wildman–Crippen MR) is 59.9 cm³/mol. The Morgan fingerprint density at radius 1 is 1.59 bits per heavy atom. The van der Waals surface area contributed by atoms with E-state index in [1.54, 1.807) is 13.8 Å². The molecule has 0 aromatic carbocycles. The molecule has 1 aliphatic heterocycles. The number of rotatable bonds is 3. The number of carbonyl (C=O) groups is 1. The highest BCUT2D eigenvalue weighted by Gasteiger charge is 2.36. The second kappa shape index (κ2) is 6.01. The second-order valence-electron chi connectivity index (χ2n) is 4.27. The zero-order chi connectivity index (χ0) is 12.9. The van der Waals surface area contributed by atoms with Crippen molar-refractivity contribution in [2.75, 3.05) is 13.2 Å². The third-order valence-electron chi connectivity index (χ3n) is 2.24. The summed E-state index contributed by atoms with van der Waals surface area (Å²) in [4.78, 5) is 10.4. The van der Waals surface area contributed by atoms with Gasteiger partial charge >= 0.3 is 5.97 Å². The molecule has 0 aromatic rings. The number of hydrogen-bond acceptors (Lipinski definition) is 5. The molecule has 17 heavy (non-hydrogen) atoms. The molecule has 0 aromatic heterocycles. The van der Waals surface area contributed by atoms with Crippen LogP contribution in [0.3, 0.4) is 0 Å². The van der Waals surface area contributed by atoms with Crippen LogP contribution >= 0.6 is 0 Å². The van der Waals surface area contributed by atoms with Crippen molar-refractivity contribution in [2.45, 2.75) is 45.2 Å². The fourth-order valence-electron chi connectivity index (χ4n) is 1.40. The van der Waals surface area contributed by atoms with Gasteiger partial charge in [0.05, 0.1) is 12.7 Å². The fourth-order valence-corrected chi connectivity index (χ4v) is 1.40. The van der Waals surface area contributed by atoms with Crippen LogP contribution in [-0.4, -0.2) is 42.3 Å². The van der Waals surface area contributed by atoms with Crippen LogP contribution in [0, 0.1) is 11.8 Å². The molecule has 96 valence electrons.